The highest BCUT2D eigenvalue weighted by molar-refractivity contribution is 9.11. The molecule has 3 saturated carbocycles. The summed E-state index contributed by atoms with van der Waals surface area (Å²) in [7, 11) is 2.90. The van der Waals surface area contributed by atoms with Crippen LogP contribution in [-0.2, 0) is 60.2 Å². The van der Waals surface area contributed by atoms with E-state index in [-0.39, 0.29) is 25.7 Å². The molecule has 11 atom stereocenters. The lowest BCUT2D eigenvalue weighted by Gasteiger charge is -2.41. The van der Waals surface area contributed by atoms with Gasteiger partial charge in [-0.3, -0.25) is 4.79 Å². The minimum Gasteiger partial charge on any atom is -0.381 e. The largest absolute Gasteiger partial charge is 0.381 e. The van der Waals surface area contributed by atoms with Crippen LogP contribution in [0.15, 0.2) is 76.8 Å². The first-order chi connectivity index (χ1) is 34.9. The summed E-state index contributed by atoms with van der Waals surface area (Å²) in [5.74, 6) is 1.76. The molecule has 3 aromatic carbocycles. The smallest absolute Gasteiger partial charge is 0.169 e. The highest BCUT2D eigenvalue weighted by atomic mass is 79.9. The molecule has 0 radical (unpaired) electrons. The Bertz CT molecular complexity index is 2480. The van der Waals surface area contributed by atoms with E-state index >= 15 is 0 Å². The lowest BCUT2D eigenvalue weighted by Crippen LogP contribution is -2.41. The molecule has 1 aliphatic heterocycles. The van der Waals surface area contributed by atoms with E-state index in [2.05, 4.69) is 111 Å². The summed E-state index contributed by atoms with van der Waals surface area (Å²) in [4.78, 5) is 12.8. The van der Waals surface area contributed by atoms with Crippen LogP contribution in [0.25, 0.3) is 0 Å². The summed E-state index contributed by atoms with van der Waals surface area (Å²) >= 11 is 10.6. The number of ether oxygens (including phenoxy) is 4. The minimum absolute atomic E-state index is 0.00150. The average Bonchev–Trinajstić information content (AvgIpc) is 4.13. The third kappa shape index (κ3) is 13.5. The summed E-state index contributed by atoms with van der Waals surface area (Å²) in [5, 5.41) is 0. The highest BCUT2D eigenvalue weighted by Gasteiger charge is 2.51. The predicted octanol–water partition coefficient (Wildman–Crippen LogP) is 15.0. The Labute approximate surface area is 474 Å². The van der Waals surface area contributed by atoms with Gasteiger partial charge in [-0.05, 0) is 202 Å². The molecule has 0 aromatic heterocycles. The van der Waals surface area contributed by atoms with Crippen molar-refractivity contribution in [2.45, 2.75) is 180 Å². The van der Waals surface area contributed by atoms with Crippen LogP contribution in [0.5, 0.6) is 0 Å². The Kier molecular flexibility index (Phi) is 20.0. The number of Topliss-reactive ketones (excluding diaryl/α,β-unsaturated/α-hetero) is 1. The van der Waals surface area contributed by atoms with Crippen molar-refractivity contribution < 1.29 is 32.2 Å². The standard InChI is InChI=1S/2C20H28BrNO2S.C16H19BrO2.C4H8O/c2*1-13-11-20(9-8-17(13)24-5)12-14-6-7-15(21)10-16(14)18(20)22-25(23)19(2,3)4;1-10-8-16(6-5-14(10)19-2)9-11-3-4-12(17)7-13(11)15(16)18;1-2-4-5-3-1/h2*6-7,10,13,17H,8-9,11-12H2,1-5H3;3-4,7,10,14H,5-6,8-9H2,1-2H3;1-4H2/t13-,17-,20-,25+;13-,17-,20-,25-;10-,14-,16-;/m100./s1. The summed E-state index contributed by atoms with van der Waals surface area (Å²) in [6.07, 6.45) is 15.6. The first-order valence-corrected chi connectivity index (χ1v) is 31.6. The van der Waals surface area contributed by atoms with Gasteiger partial charge in [-0.1, -0.05) is 86.8 Å². The number of methoxy groups -OCH3 is 3. The number of halogens is 3. The Hall–Kier alpha value is -1.75. The topological polar surface area (TPSA) is 113 Å². The second kappa shape index (κ2) is 24.7. The van der Waals surface area contributed by atoms with Gasteiger partial charge in [0, 0.05) is 80.9 Å². The van der Waals surface area contributed by atoms with Gasteiger partial charge in [0.25, 0.3) is 0 Å². The summed E-state index contributed by atoms with van der Waals surface area (Å²) in [5.41, 5.74) is 9.11. The lowest BCUT2D eigenvalue weighted by atomic mass is 9.66. The fourth-order valence-electron chi connectivity index (χ4n) is 13.0. The third-order valence-corrected chi connectivity index (χ3v) is 21.2. The van der Waals surface area contributed by atoms with Crippen molar-refractivity contribution in [1.29, 1.82) is 0 Å². The van der Waals surface area contributed by atoms with Crippen molar-refractivity contribution >= 4 is 87.0 Å². The Morgan fingerprint density at radius 3 is 1.19 bits per heavy atom. The van der Waals surface area contributed by atoms with Gasteiger partial charge in [-0.15, -0.1) is 0 Å². The van der Waals surface area contributed by atoms with E-state index in [1.807, 2.05) is 67.9 Å². The van der Waals surface area contributed by atoms with Crippen molar-refractivity contribution in [3.8, 4) is 0 Å². The number of ketones is 1. The normalized spacial score (nSPS) is 32.0. The first-order valence-electron chi connectivity index (χ1n) is 27.0. The van der Waals surface area contributed by atoms with E-state index in [9.17, 15) is 13.2 Å². The van der Waals surface area contributed by atoms with Crippen LogP contribution < -0.4 is 0 Å². The maximum Gasteiger partial charge on any atom is 0.169 e. The van der Waals surface area contributed by atoms with Crippen LogP contribution in [0.1, 0.15) is 171 Å². The number of carbonyl (C=O) groups is 1. The van der Waals surface area contributed by atoms with Crippen LogP contribution in [0.2, 0.25) is 0 Å². The second-order valence-electron chi connectivity index (χ2n) is 24.5. The number of hydrogen-bond acceptors (Lipinski definition) is 7. The van der Waals surface area contributed by atoms with Gasteiger partial charge in [-0.25, -0.2) is 8.42 Å². The second-order valence-corrected chi connectivity index (χ2v) is 31.1. The molecular weight excluding hydrogens is 1160 g/mol. The molecule has 10 rings (SSSR count). The van der Waals surface area contributed by atoms with Gasteiger partial charge in [0.2, 0.25) is 0 Å². The van der Waals surface area contributed by atoms with Crippen molar-refractivity contribution in [2.75, 3.05) is 34.5 Å². The molecule has 9 nitrogen and oxygen atoms in total. The maximum atomic E-state index is 12.8. The molecule has 3 spiro atoms. The van der Waals surface area contributed by atoms with Gasteiger partial charge in [-0.2, -0.15) is 8.80 Å². The third-order valence-electron chi connectivity index (χ3n) is 16.9. The molecule has 14 heteroatoms. The Balaban J connectivity index is 0.000000156. The first kappa shape index (κ1) is 59.9. The molecule has 1 heterocycles. The maximum absolute atomic E-state index is 12.8. The van der Waals surface area contributed by atoms with E-state index in [4.69, 9.17) is 27.7 Å². The lowest BCUT2D eigenvalue weighted by molar-refractivity contribution is -0.00680. The fourth-order valence-corrected chi connectivity index (χ4v) is 15.6. The molecule has 4 fully saturated rings. The molecule has 408 valence electrons. The molecule has 74 heavy (non-hydrogen) atoms. The monoisotopic (exact) mass is 1240 g/mol. The predicted molar refractivity (Wildman–Crippen MR) is 316 cm³/mol. The quantitative estimate of drug-likeness (QED) is 0.250. The van der Waals surface area contributed by atoms with Crippen LogP contribution in [-0.4, -0.2) is 88.0 Å². The van der Waals surface area contributed by atoms with E-state index in [1.165, 1.54) is 40.7 Å². The summed E-state index contributed by atoms with van der Waals surface area (Å²) < 4.78 is 59.5. The van der Waals surface area contributed by atoms with E-state index < -0.39 is 22.0 Å². The van der Waals surface area contributed by atoms with Crippen molar-refractivity contribution in [1.82, 2.24) is 0 Å². The zero-order valence-electron chi connectivity index (χ0n) is 46.2. The van der Waals surface area contributed by atoms with E-state index in [0.717, 1.165) is 121 Å². The van der Waals surface area contributed by atoms with Crippen molar-refractivity contribution in [2.24, 2.45) is 42.8 Å². The van der Waals surface area contributed by atoms with Gasteiger partial charge in [0.05, 0.1) is 39.2 Å². The molecule has 6 aliphatic carbocycles. The van der Waals surface area contributed by atoms with Crippen LogP contribution in [0, 0.1) is 34.0 Å². The number of hydrogen-bond donors (Lipinski definition) is 0. The number of carbonyl (C=O) groups excluding carboxylic acids is 1. The molecule has 0 unspecified atom stereocenters. The minimum atomic E-state index is -1.25. The zero-order valence-corrected chi connectivity index (χ0v) is 52.6. The number of benzene rings is 3. The molecule has 0 N–H and O–H groups in total. The molecule has 0 bridgehead atoms. The summed E-state index contributed by atoms with van der Waals surface area (Å²) in [6.45, 7) is 20.7. The molecule has 0 amide bonds. The summed E-state index contributed by atoms with van der Waals surface area (Å²) in [6, 6.07) is 19.0. The van der Waals surface area contributed by atoms with Gasteiger partial charge >= 0.3 is 0 Å². The van der Waals surface area contributed by atoms with Gasteiger partial charge in [0.15, 0.2) is 5.78 Å². The zero-order chi connectivity index (χ0) is 54.0. The SMILES string of the molecule is C1CCOC1.CO[C@@H]1CC[C@]2(Cc3ccc(Br)cc3C2=N[S@@](=O)C(C)(C)C)C[C@H]1C.CO[C@H]1CC[C@@]2(Cc3ccc(Br)cc3C2=N[S@@](=O)C(C)(C)C)C[C@@H]1C.CO[C@H]1CC[C@@]2(Cc3ccc(Br)cc3C2=O)C[C@@H]1C. The average molecular weight is 1250 g/mol. The fraction of sp³-hybridized carbons (Fsp3) is 0.650. The molecule has 7 aliphatic rings. The number of nitrogens with zero attached hydrogens (tertiary/aromatic N) is 2. The van der Waals surface area contributed by atoms with E-state index in [1.54, 1.807) is 7.11 Å². The van der Waals surface area contributed by atoms with Crippen molar-refractivity contribution in [3.63, 3.8) is 0 Å². The van der Waals surface area contributed by atoms with Gasteiger partial charge < -0.3 is 18.9 Å². The van der Waals surface area contributed by atoms with Crippen molar-refractivity contribution in [3.05, 3.63) is 101 Å². The van der Waals surface area contributed by atoms with Crippen LogP contribution >= 0.6 is 47.8 Å². The number of rotatable bonds is 5. The van der Waals surface area contributed by atoms with Gasteiger partial charge in [0.1, 0.15) is 22.0 Å². The Morgan fingerprint density at radius 1 is 0.541 bits per heavy atom. The van der Waals surface area contributed by atoms with Crippen LogP contribution in [0.3, 0.4) is 0 Å². The molecule has 1 saturated heterocycles. The Morgan fingerprint density at radius 2 is 0.865 bits per heavy atom. The van der Waals surface area contributed by atoms with E-state index in [0.29, 0.717) is 41.8 Å². The molecular formula is C60H83Br3N2O7S2. The highest BCUT2D eigenvalue weighted by Crippen LogP contribution is 2.53. The number of fused-ring (bicyclic) bond motifs is 3. The molecule has 3 aromatic rings. The van der Waals surface area contributed by atoms with Crippen LogP contribution in [0.4, 0.5) is 0 Å².